The third-order valence-electron chi connectivity index (χ3n) is 2.69. The van der Waals surface area contributed by atoms with Crippen LogP contribution in [0.25, 0.3) is 5.69 Å². The van der Waals surface area contributed by atoms with Crippen molar-refractivity contribution in [3.8, 4) is 5.69 Å². The van der Waals surface area contributed by atoms with Crippen LogP contribution in [-0.2, 0) is 4.79 Å². The van der Waals surface area contributed by atoms with Gasteiger partial charge in [0, 0.05) is 24.5 Å². The van der Waals surface area contributed by atoms with Crippen molar-refractivity contribution in [3.05, 3.63) is 48.5 Å². The molecule has 0 amide bonds. The summed E-state index contributed by atoms with van der Waals surface area (Å²) in [5.41, 5.74) is 2.26. The van der Waals surface area contributed by atoms with Gasteiger partial charge in [0.25, 0.3) is 0 Å². The molecule has 82 valence electrons. The predicted octanol–water partition coefficient (Wildman–Crippen LogP) is 2.56. The van der Waals surface area contributed by atoms with Crippen LogP contribution in [0.1, 0.15) is 24.8 Å². The van der Waals surface area contributed by atoms with E-state index >= 15 is 0 Å². The highest BCUT2D eigenvalue weighted by Crippen LogP contribution is 2.20. The molecule has 0 N–H and O–H groups in total. The predicted molar refractivity (Wildman–Crippen MR) is 62.7 cm³/mol. The van der Waals surface area contributed by atoms with Crippen LogP contribution in [0.5, 0.6) is 0 Å². The van der Waals surface area contributed by atoms with Crippen LogP contribution in [0.3, 0.4) is 0 Å². The molecule has 1 aromatic heterocycles. The SMILES string of the molecule is CC(CC=O)c1cccc(-n2ccnc2)c1. The van der Waals surface area contributed by atoms with Crippen LogP contribution in [0, 0.1) is 0 Å². The minimum Gasteiger partial charge on any atom is -0.306 e. The first-order valence-corrected chi connectivity index (χ1v) is 5.33. The molecule has 0 aliphatic rings. The summed E-state index contributed by atoms with van der Waals surface area (Å²) in [6, 6.07) is 8.18. The van der Waals surface area contributed by atoms with E-state index in [4.69, 9.17) is 0 Å². The van der Waals surface area contributed by atoms with E-state index in [1.54, 1.807) is 12.5 Å². The van der Waals surface area contributed by atoms with E-state index in [1.807, 2.05) is 22.9 Å². The van der Waals surface area contributed by atoms with E-state index in [0.29, 0.717) is 6.42 Å². The van der Waals surface area contributed by atoms with Crippen molar-refractivity contribution in [2.75, 3.05) is 0 Å². The molecule has 1 atom stereocenters. The molecule has 2 aromatic rings. The van der Waals surface area contributed by atoms with Crippen molar-refractivity contribution in [2.24, 2.45) is 0 Å². The Bertz CT molecular complexity index is 463. The molecule has 0 spiro atoms. The van der Waals surface area contributed by atoms with Gasteiger partial charge in [0.05, 0.1) is 6.33 Å². The first kappa shape index (κ1) is 10.6. The first-order valence-electron chi connectivity index (χ1n) is 5.33. The van der Waals surface area contributed by atoms with E-state index in [9.17, 15) is 4.79 Å². The van der Waals surface area contributed by atoms with Gasteiger partial charge in [0.1, 0.15) is 6.29 Å². The van der Waals surface area contributed by atoms with Gasteiger partial charge in [0.15, 0.2) is 0 Å². The molecule has 1 unspecified atom stereocenters. The number of hydrogen-bond acceptors (Lipinski definition) is 2. The summed E-state index contributed by atoms with van der Waals surface area (Å²) in [5, 5.41) is 0. The second-order valence-corrected chi connectivity index (χ2v) is 3.87. The van der Waals surface area contributed by atoms with Crippen LogP contribution >= 0.6 is 0 Å². The van der Waals surface area contributed by atoms with Crippen LogP contribution in [0.4, 0.5) is 0 Å². The highest BCUT2D eigenvalue weighted by Gasteiger charge is 2.05. The maximum atomic E-state index is 10.5. The lowest BCUT2D eigenvalue weighted by Crippen LogP contribution is -1.97. The largest absolute Gasteiger partial charge is 0.306 e. The lowest BCUT2D eigenvalue weighted by molar-refractivity contribution is -0.108. The smallest absolute Gasteiger partial charge is 0.120 e. The molecule has 0 bridgehead atoms. The second-order valence-electron chi connectivity index (χ2n) is 3.87. The highest BCUT2D eigenvalue weighted by atomic mass is 16.1. The second kappa shape index (κ2) is 4.75. The Morgan fingerprint density at radius 3 is 3.06 bits per heavy atom. The standard InChI is InChI=1S/C13H14N2O/c1-11(5-8-16)12-3-2-4-13(9-12)15-7-6-14-10-15/h2-4,6-11H,5H2,1H3. The van der Waals surface area contributed by atoms with Crippen LogP contribution in [0.2, 0.25) is 0 Å². The third kappa shape index (κ3) is 2.19. The van der Waals surface area contributed by atoms with Gasteiger partial charge in [-0.3, -0.25) is 0 Å². The number of carbonyl (C=O) groups excluding carboxylic acids is 1. The molecule has 0 saturated heterocycles. The van der Waals surface area contributed by atoms with Crippen LogP contribution < -0.4 is 0 Å². The van der Waals surface area contributed by atoms with Gasteiger partial charge in [0.2, 0.25) is 0 Å². The Morgan fingerprint density at radius 2 is 2.38 bits per heavy atom. The van der Waals surface area contributed by atoms with Gasteiger partial charge in [-0.2, -0.15) is 0 Å². The number of benzene rings is 1. The number of aromatic nitrogens is 2. The van der Waals surface area contributed by atoms with E-state index in [2.05, 4.69) is 24.0 Å². The topological polar surface area (TPSA) is 34.9 Å². The first-order chi connectivity index (χ1) is 7.81. The fourth-order valence-electron chi connectivity index (χ4n) is 1.68. The molecule has 0 radical (unpaired) electrons. The maximum absolute atomic E-state index is 10.5. The van der Waals surface area contributed by atoms with E-state index in [-0.39, 0.29) is 5.92 Å². The lowest BCUT2D eigenvalue weighted by atomic mass is 9.98. The maximum Gasteiger partial charge on any atom is 0.120 e. The summed E-state index contributed by atoms with van der Waals surface area (Å²) in [4.78, 5) is 14.5. The summed E-state index contributed by atoms with van der Waals surface area (Å²) in [5.74, 6) is 0.265. The summed E-state index contributed by atoms with van der Waals surface area (Å²) in [6.45, 7) is 2.06. The highest BCUT2D eigenvalue weighted by molar-refractivity contribution is 5.52. The zero-order valence-corrected chi connectivity index (χ0v) is 9.21. The fourth-order valence-corrected chi connectivity index (χ4v) is 1.68. The minimum absolute atomic E-state index is 0.265. The Morgan fingerprint density at radius 1 is 1.50 bits per heavy atom. The van der Waals surface area contributed by atoms with Crippen molar-refractivity contribution in [3.63, 3.8) is 0 Å². The number of rotatable bonds is 4. The normalized spacial score (nSPS) is 12.3. The van der Waals surface area contributed by atoms with Crippen molar-refractivity contribution < 1.29 is 4.79 Å². The van der Waals surface area contributed by atoms with Crippen LogP contribution in [0.15, 0.2) is 43.0 Å². The number of aldehydes is 1. The summed E-state index contributed by atoms with van der Waals surface area (Å²) >= 11 is 0. The molecule has 0 fully saturated rings. The van der Waals surface area contributed by atoms with Crippen molar-refractivity contribution in [1.29, 1.82) is 0 Å². The molecule has 1 heterocycles. The average Bonchev–Trinajstić information content (AvgIpc) is 2.83. The number of carbonyl (C=O) groups is 1. The summed E-state index contributed by atoms with van der Waals surface area (Å²) in [7, 11) is 0. The average molecular weight is 214 g/mol. The Balaban J connectivity index is 2.29. The van der Waals surface area contributed by atoms with Gasteiger partial charge in [-0.1, -0.05) is 19.1 Å². The summed E-state index contributed by atoms with van der Waals surface area (Å²) < 4.78 is 1.96. The molecule has 3 heteroatoms. The zero-order chi connectivity index (χ0) is 11.4. The summed E-state index contributed by atoms with van der Waals surface area (Å²) in [6.07, 6.45) is 6.95. The van der Waals surface area contributed by atoms with Crippen LogP contribution in [-0.4, -0.2) is 15.8 Å². The van der Waals surface area contributed by atoms with Gasteiger partial charge in [-0.05, 0) is 23.6 Å². The number of nitrogens with zero attached hydrogens (tertiary/aromatic N) is 2. The number of imidazole rings is 1. The van der Waals surface area contributed by atoms with Gasteiger partial charge < -0.3 is 9.36 Å². The lowest BCUT2D eigenvalue weighted by Gasteiger charge is -2.10. The van der Waals surface area contributed by atoms with Gasteiger partial charge in [-0.15, -0.1) is 0 Å². The van der Waals surface area contributed by atoms with Gasteiger partial charge in [-0.25, -0.2) is 4.98 Å². The number of hydrogen-bond donors (Lipinski definition) is 0. The molecule has 2 rings (SSSR count). The molecule has 0 aliphatic carbocycles. The molecular formula is C13H14N2O. The van der Waals surface area contributed by atoms with E-state index in [0.717, 1.165) is 12.0 Å². The van der Waals surface area contributed by atoms with Crippen molar-refractivity contribution >= 4 is 6.29 Å². The van der Waals surface area contributed by atoms with E-state index < -0.39 is 0 Å². The van der Waals surface area contributed by atoms with Gasteiger partial charge >= 0.3 is 0 Å². The monoisotopic (exact) mass is 214 g/mol. The zero-order valence-electron chi connectivity index (χ0n) is 9.21. The fraction of sp³-hybridized carbons (Fsp3) is 0.231. The molecular weight excluding hydrogens is 200 g/mol. The quantitative estimate of drug-likeness (QED) is 0.733. The Kier molecular flexibility index (Phi) is 3.15. The Hall–Kier alpha value is -1.90. The Labute approximate surface area is 94.7 Å². The molecule has 1 aromatic carbocycles. The molecule has 0 aliphatic heterocycles. The molecule has 3 nitrogen and oxygen atoms in total. The van der Waals surface area contributed by atoms with Crippen molar-refractivity contribution in [2.45, 2.75) is 19.3 Å². The molecule has 16 heavy (non-hydrogen) atoms. The molecule has 0 saturated carbocycles. The van der Waals surface area contributed by atoms with Crippen molar-refractivity contribution in [1.82, 2.24) is 9.55 Å². The van der Waals surface area contributed by atoms with E-state index in [1.165, 1.54) is 5.56 Å². The third-order valence-corrected chi connectivity index (χ3v) is 2.69. The minimum atomic E-state index is 0.265.